The van der Waals surface area contributed by atoms with Gasteiger partial charge in [0.15, 0.2) is 0 Å². The molecule has 1 aliphatic heterocycles. The molecule has 0 amide bonds. The summed E-state index contributed by atoms with van der Waals surface area (Å²) in [7, 11) is 0. The van der Waals surface area contributed by atoms with Crippen molar-refractivity contribution in [3.63, 3.8) is 0 Å². The van der Waals surface area contributed by atoms with Crippen LogP contribution in [0.5, 0.6) is 0 Å². The number of pyridine rings is 1. The second kappa shape index (κ2) is 6.69. The van der Waals surface area contributed by atoms with Crippen LogP contribution in [-0.2, 0) is 11.4 Å². The fraction of sp³-hybridized carbons (Fsp3) is 0.467. The van der Waals surface area contributed by atoms with Crippen LogP contribution in [0, 0.1) is 0 Å². The quantitative estimate of drug-likeness (QED) is 0.786. The van der Waals surface area contributed by atoms with E-state index < -0.39 is 11.4 Å². The van der Waals surface area contributed by atoms with E-state index in [1.165, 1.54) is 30.4 Å². The van der Waals surface area contributed by atoms with Crippen LogP contribution >= 0.6 is 11.3 Å². The number of carboxylic acid groups (broad SMARTS) is 1. The topological polar surface area (TPSA) is 83.8 Å². The summed E-state index contributed by atoms with van der Waals surface area (Å²) < 4.78 is 1.77. The Bertz CT molecular complexity index is 777. The minimum atomic E-state index is -1.20. The van der Waals surface area contributed by atoms with Crippen molar-refractivity contribution in [1.29, 1.82) is 0 Å². The van der Waals surface area contributed by atoms with Crippen molar-refractivity contribution in [2.75, 3.05) is 25.3 Å². The van der Waals surface area contributed by atoms with Crippen molar-refractivity contribution in [3.8, 4) is 0 Å². The number of aromatic carboxylic acids is 1. The molecular weight excluding hydrogens is 318 g/mol. The molecule has 3 rings (SSSR count). The lowest BCUT2D eigenvalue weighted by molar-refractivity contribution is 0.0695. The largest absolute Gasteiger partial charge is 0.477 e. The molecule has 0 spiro atoms. The smallest absolute Gasteiger partial charge is 0.341 e. The van der Waals surface area contributed by atoms with Gasteiger partial charge >= 0.3 is 5.97 Å². The Morgan fingerprint density at radius 1 is 1.43 bits per heavy atom. The Hall–Kier alpha value is -1.90. The Morgan fingerprint density at radius 2 is 2.17 bits per heavy atom. The summed E-state index contributed by atoms with van der Waals surface area (Å²) in [5.74, 6) is -1.20. The number of fused-ring (bicyclic) bond motifs is 1. The van der Waals surface area contributed by atoms with E-state index in [4.69, 9.17) is 9.94 Å². The average molecular weight is 337 g/mol. The lowest BCUT2D eigenvalue weighted by atomic mass is 10.2. The number of carboxylic acids is 1. The maximum atomic E-state index is 12.3. The molecule has 0 bridgehead atoms. The molecule has 2 N–H and O–H groups in total. The van der Waals surface area contributed by atoms with Crippen LogP contribution < -0.4 is 10.9 Å². The number of rotatable bonds is 6. The minimum Gasteiger partial charge on any atom is -0.477 e. The van der Waals surface area contributed by atoms with Crippen LogP contribution in [0.25, 0.3) is 10.2 Å². The summed E-state index contributed by atoms with van der Waals surface area (Å²) in [6.45, 7) is 5.07. The molecule has 1 fully saturated rings. The van der Waals surface area contributed by atoms with Crippen LogP contribution in [-0.4, -0.2) is 40.4 Å². The Kier molecular flexibility index (Phi) is 4.65. The maximum Gasteiger partial charge on any atom is 0.341 e. The van der Waals surface area contributed by atoms with Gasteiger partial charge in [-0.25, -0.2) is 4.79 Å². The second-order valence-corrected chi connectivity index (χ2v) is 6.52. The summed E-state index contributed by atoms with van der Waals surface area (Å²) >= 11 is 1.38. The SMILES string of the molecule is CCn1cc(C(=O)O)c(=O)c2cc(NOCN3CCCC3)sc21. The highest BCUT2D eigenvalue weighted by molar-refractivity contribution is 7.22. The van der Waals surface area contributed by atoms with Crippen molar-refractivity contribution in [2.45, 2.75) is 26.3 Å². The van der Waals surface area contributed by atoms with Gasteiger partial charge in [-0.05, 0) is 25.8 Å². The highest BCUT2D eigenvalue weighted by Gasteiger charge is 2.17. The van der Waals surface area contributed by atoms with Gasteiger partial charge in [0, 0.05) is 25.8 Å². The molecule has 1 saturated heterocycles. The van der Waals surface area contributed by atoms with Crippen LogP contribution in [0.1, 0.15) is 30.1 Å². The first-order valence-corrected chi connectivity index (χ1v) is 8.42. The summed E-state index contributed by atoms with van der Waals surface area (Å²) in [5.41, 5.74) is 2.20. The van der Waals surface area contributed by atoms with E-state index in [9.17, 15) is 9.59 Å². The van der Waals surface area contributed by atoms with Crippen LogP contribution in [0.4, 0.5) is 5.00 Å². The zero-order chi connectivity index (χ0) is 16.4. The molecule has 0 saturated carbocycles. The third-order valence-corrected chi connectivity index (χ3v) is 5.01. The number of likely N-dealkylation sites (tertiary alicyclic amines) is 1. The number of hydrogen-bond donors (Lipinski definition) is 2. The summed E-state index contributed by atoms with van der Waals surface area (Å²) in [5, 5.41) is 10.3. The lowest BCUT2D eigenvalue weighted by Gasteiger charge is -2.14. The predicted molar refractivity (Wildman–Crippen MR) is 89.1 cm³/mol. The predicted octanol–water partition coefficient (Wildman–Crippen LogP) is 2.18. The third kappa shape index (κ3) is 3.24. The average Bonchev–Trinajstić information content (AvgIpc) is 3.17. The standard InChI is InChI=1S/C15H19N3O4S/c1-2-18-8-11(15(20)21)13(19)10-7-12(23-14(10)18)16-22-9-17-5-3-4-6-17/h7-8,16H,2-6,9H2,1H3,(H,20,21). The molecule has 0 unspecified atom stereocenters. The summed E-state index contributed by atoms with van der Waals surface area (Å²) in [6, 6.07) is 1.66. The van der Waals surface area contributed by atoms with Crippen molar-refractivity contribution in [2.24, 2.45) is 0 Å². The molecule has 2 aromatic heterocycles. The number of hydrogen-bond acceptors (Lipinski definition) is 6. The Balaban J connectivity index is 1.83. The highest BCUT2D eigenvalue weighted by Crippen LogP contribution is 2.28. The van der Waals surface area contributed by atoms with Gasteiger partial charge in [0.25, 0.3) is 0 Å². The molecule has 0 atom stereocenters. The molecule has 7 nitrogen and oxygen atoms in total. The second-order valence-electron chi connectivity index (χ2n) is 5.49. The van der Waals surface area contributed by atoms with Gasteiger partial charge in [0.2, 0.25) is 5.43 Å². The molecular formula is C15H19N3O4S. The fourth-order valence-corrected chi connectivity index (χ4v) is 3.77. The van der Waals surface area contributed by atoms with E-state index in [-0.39, 0.29) is 5.56 Å². The summed E-state index contributed by atoms with van der Waals surface area (Å²) in [4.78, 5) is 31.9. The summed E-state index contributed by atoms with van der Waals surface area (Å²) in [6.07, 6.45) is 3.79. The highest BCUT2D eigenvalue weighted by atomic mass is 32.1. The fourth-order valence-electron chi connectivity index (χ4n) is 2.72. The van der Waals surface area contributed by atoms with Crippen molar-refractivity contribution in [1.82, 2.24) is 9.47 Å². The van der Waals surface area contributed by atoms with Crippen molar-refractivity contribution < 1.29 is 14.7 Å². The number of carbonyl (C=O) groups is 1. The maximum absolute atomic E-state index is 12.3. The van der Waals surface area contributed by atoms with E-state index in [2.05, 4.69) is 10.4 Å². The number of nitrogens with zero attached hydrogens (tertiary/aromatic N) is 2. The van der Waals surface area contributed by atoms with Crippen molar-refractivity contribution in [3.05, 3.63) is 28.0 Å². The van der Waals surface area contributed by atoms with Gasteiger partial charge in [-0.1, -0.05) is 11.3 Å². The van der Waals surface area contributed by atoms with Crippen molar-refractivity contribution >= 4 is 32.5 Å². The van der Waals surface area contributed by atoms with Gasteiger partial charge in [0.1, 0.15) is 22.1 Å². The van der Waals surface area contributed by atoms with Gasteiger partial charge in [-0.15, -0.1) is 0 Å². The number of aromatic nitrogens is 1. The number of aryl methyl sites for hydroxylation is 1. The molecule has 1 aliphatic rings. The van der Waals surface area contributed by atoms with E-state index >= 15 is 0 Å². The van der Waals surface area contributed by atoms with Crippen LogP contribution in [0.15, 0.2) is 17.1 Å². The molecule has 3 heterocycles. The molecule has 2 aromatic rings. The molecule has 0 aromatic carbocycles. The molecule has 23 heavy (non-hydrogen) atoms. The molecule has 0 radical (unpaired) electrons. The zero-order valence-electron chi connectivity index (χ0n) is 12.9. The first-order chi connectivity index (χ1) is 11.1. The first kappa shape index (κ1) is 16.0. The van der Waals surface area contributed by atoms with E-state index in [1.807, 2.05) is 6.92 Å². The number of anilines is 1. The van der Waals surface area contributed by atoms with E-state index in [0.29, 0.717) is 23.7 Å². The molecule has 8 heteroatoms. The van der Waals surface area contributed by atoms with Crippen LogP contribution in [0.2, 0.25) is 0 Å². The lowest BCUT2D eigenvalue weighted by Crippen LogP contribution is -2.24. The van der Waals surface area contributed by atoms with Crippen LogP contribution in [0.3, 0.4) is 0 Å². The normalized spacial score (nSPS) is 15.3. The minimum absolute atomic E-state index is 0.207. The van der Waals surface area contributed by atoms with Gasteiger partial charge in [0.05, 0.1) is 5.39 Å². The van der Waals surface area contributed by atoms with Gasteiger partial charge in [-0.2, -0.15) is 0 Å². The third-order valence-electron chi connectivity index (χ3n) is 3.94. The first-order valence-electron chi connectivity index (χ1n) is 7.60. The molecule has 0 aliphatic carbocycles. The zero-order valence-corrected chi connectivity index (χ0v) is 13.7. The number of nitrogens with one attached hydrogen (secondary N) is 1. The van der Waals surface area contributed by atoms with Gasteiger partial charge in [-0.3, -0.25) is 20.0 Å². The Morgan fingerprint density at radius 3 is 2.83 bits per heavy atom. The number of thiophene rings is 1. The monoisotopic (exact) mass is 337 g/mol. The Labute approximate surface area is 137 Å². The van der Waals surface area contributed by atoms with Gasteiger partial charge < -0.3 is 9.67 Å². The molecule has 124 valence electrons. The van der Waals surface area contributed by atoms with E-state index in [1.54, 1.807) is 10.6 Å². The van der Waals surface area contributed by atoms with E-state index in [0.717, 1.165) is 17.9 Å².